The molecule has 1 aromatic heterocycles. The number of hydrogen-bond donors (Lipinski definition) is 0. The molecule has 2 aromatic carbocycles. The van der Waals surface area contributed by atoms with Gasteiger partial charge in [0, 0.05) is 68.1 Å². The molecule has 0 spiro atoms. The van der Waals surface area contributed by atoms with Crippen LogP contribution in [0.2, 0.25) is 0 Å². The van der Waals surface area contributed by atoms with Gasteiger partial charge in [0.15, 0.2) is 0 Å². The molecule has 3 aromatic rings. The number of benzene rings is 2. The van der Waals surface area contributed by atoms with E-state index in [9.17, 15) is 4.39 Å². The fourth-order valence-corrected chi connectivity index (χ4v) is 6.38. The number of piperazine rings is 1. The summed E-state index contributed by atoms with van der Waals surface area (Å²) in [7, 11) is -0.232. The van der Waals surface area contributed by atoms with Crippen LogP contribution in [0.15, 0.2) is 79.2 Å². The van der Waals surface area contributed by atoms with E-state index < -0.39 is 0 Å². The first-order chi connectivity index (χ1) is 17.5. The maximum atomic E-state index is 13.2. The van der Waals surface area contributed by atoms with Gasteiger partial charge in [-0.15, -0.1) is 0 Å². The number of rotatable bonds is 8. The average molecular weight is 521 g/mol. The first-order valence-corrected chi connectivity index (χ1v) is 14.8. The van der Waals surface area contributed by atoms with E-state index in [1.807, 2.05) is 24.4 Å². The fraction of sp³-hybridized carbons (Fsp3) is 0.276. The Morgan fingerprint density at radius 1 is 1.19 bits per heavy atom. The molecular weight excluding hydrogens is 487 g/mol. The summed E-state index contributed by atoms with van der Waals surface area (Å²) >= 11 is 1.69. The van der Waals surface area contributed by atoms with Crippen LogP contribution in [0.5, 0.6) is 0 Å². The van der Waals surface area contributed by atoms with E-state index in [4.69, 9.17) is 0 Å². The Morgan fingerprint density at radius 2 is 1.94 bits per heavy atom. The summed E-state index contributed by atoms with van der Waals surface area (Å²) in [6.45, 7) is 10.7. The van der Waals surface area contributed by atoms with Crippen molar-refractivity contribution in [1.29, 1.82) is 0 Å². The first kappa shape index (κ1) is 26.2. The van der Waals surface area contributed by atoms with Crippen LogP contribution in [0, 0.1) is 5.82 Å². The molecule has 1 aliphatic rings. The van der Waals surface area contributed by atoms with Crippen molar-refractivity contribution < 1.29 is 4.39 Å². The van der Waals surface area contributed by atoms with E-state index in [0.29, 0.717) is 0 Å². The molecule has 36 heavy (non-hydrogen) atoms. The Morgan fingerprint density at radius 3 is 2.61 bits per heavy atom. The van der Waals surface area contributed by atoms with Crippen molar-refractivity contribution in [2.24, 2.45) is 0 Å². The maximum absolute atomic E-state index is 13.2. The number of allylic oxidation sites excluding steroid dienone is 2. The fourth-order valence-electron chi connectivity index (χ4n) is 4.40. The molecule has 1 atom stereocenters. The van der Waals surface area contributed by atoms with Crippen molar-refractivity contribution in [2.45, 2.75) is 13.5 Å². The molecule has 4 nitrogen and oxygen atoms in total. The normalized spacial score (nSPS) is 15.9. The number of halogens is 1. The average Bonchev–Trinajstić information content (AvgIpc) is 2.91. The molecular formula is C29H33FN4S2. The molecule has 0 radical (unpaired) electrons. The van der Waals surface area contributed by atoms with Crippen LogP contribution in [0.3, 0.4) is 0 Å². The third kappa shape index (κ3) is 6.29. The molecule has 2 heterocycles. The lowest BCUT2D eigenvalue weighted by Crippen LogP contribution is -2.45. The minimum atomic E-state index is -0.232. The monoisotopic (exact) mass is 520 g/mol. The molecule has 0 saturated carbocycles. The molecule has 0 N–H and O–H groups in total. The molecule has 1 saturated heterocycles. The highest BCUT2D eigenvalue weighted by molar-refractivity contribution is 8.26. The lowest BCUT2D eigenvalue weighted by molar-refractivity contribution is 0.155. The van der Waals surface area contributed by atoms with Gasteiger partial charge < -0.3 is 4.90 Å². The molecule has 0 bridgehead atoms. The highest BCUT2D eigenvalue weighted by Gasteiger charge is 2.18. The zero-order valence-corrected chi connectivity index (χ0v) is 22.8. The van der Waals surface area contributed by atoms with Gasteiger partial charge >= 0.3 is 0 Å². The minimum Gasteiger partial charge on any atom is -0.369 e. The smallest absolute Gasteiger partial charge is 0.123 e. The summed E-state index contributed by atoms with van der Waals surface area (Å²) in [4.78, 5) is 9.45. The Hall–Kier alpha value is -2.83. The highest BCUT2D eigenvalue weighted by Crippen LogP contribution is 2.37. The third-order valence-corrected chi connectivity index (χ3v) is 9.12. The predicted octanol–water partition coefficient (Wildman–Crippen LogP) is 6.59. The number of anilines is 1. The quantitative estimate of drug-likeness (QED) is 0.189. The van der Waals surface area contributed by atoms with Gasteiger partial charge in [0.1, 0.15) is 5.82 Å². The second-order valence-electron chi connectivity index (χ2n) is 8.61. The minimum absolute atomic E-state index is 0.184. The van der Waals surface area contributed by atoms with Crippen LogP contribution in [-0.2, 0) is 6.54 Å². The Kier molecular flexibility index (Phi) is 9.05. The maximum Gasteiger partial charge on any atom is 0.123 e. The van der Waals surface area contributed by atoms with Crippen LogP contribution in [0.4, 0.5) is 10.1 Å². The van der Waals surface area contributed by atoms with E-state index in [2.05, 4.69) is 86.0 Å². The number of hydrogen-bond acceptors (Lipinski definition) is 5. The SMILES string of the molecule is C=C=S(C)N(SC)c1cc2cccnc2cc1/C=C/C(=C\C)N1CCN(Cc2ccc(F)cc2)CC1. The number of pyridine rings is 1. The van der Waals surface area contributed by atoms with Crippen molar-refractivity contribution in [3.63, 3.8) is 0 Å². The summed E-state index contributed by atoms with van der Waals surface area (Å²) in [5.41, 5.74) is 5.61. The molecule has 0 aliphatic carbocycles. The van der Waals surface area contributed by atoms with Crippen molar-refractivity contribution in [3.8, 4) is 0 Å². The zero-order chi connectivity index (χ0) is 25.5. The largest absolute Gasteiger partial charge is 0.369 e. The Bertz CT molecular complexity index is 1300. The van der Waals surface area contributed by atoms with E-state index >= 15 is 0 Å². The summed E-state index contributed by atoms with van der Waals surface area (Å²) in [6.07, 6.45) is 12.7. The summed E-state index contributed by atoms with van der Waals surface area (Å²) in [5, 5.41) is 4.26. The zero-order valence-electron chi connectivity index (χ0n) is 21.2. The molecule has 4 rings (SSSR count). The molecule has 1 unspecified atom stereocenters. The van der Waals surface area contributed by atoms with Gasteiger partial charge in [0.25, 0.3) is 0 Å². The van der Waals surface area contributed by atoms with Gasteiger partial charge in [0.2, 0.25) is 0 Å². The first-order valence-electron chi connectivity index (χ1n) is 12.0. The van der Waals surface area contributed by atoms with Gasteiger partial charge in [0.05, 0.1) is 11.2 Å². The van der Waals surface area contributed by atoms with E-state index in [0.717, 1.165) is 60.4 Å². The standard InChI is InChI=1S/C29H33FN4S2/c1-5-27(33-18-16-32(17-19-33)22-23-9-12-26(30)13-10-23)14-11-25-20-28-24(8-7-15-31-28)21-29(25)34(35-3)36(4)6-2/h5,7-15,20-21H,2,16-19,22H2,1,3-4H3/b14-11+,27-5+. The third-order valence-electron chi connectivity index (χ3n) is 6.36. The highest BCUT2D eigenvalue weighted by atomic mass is 32.2. The van der Waals surface area contributed by atoms with Gasteiger partial charge in [-0.2, -0.15) is 0 Å². The second kappa shape index (κ2) is 12.4. The molecule has 0 amide bonds. The van der Waals surface area contributed by atoms with Gasteiger partial charge in [-0.3, -0.25) is 13.6 Å². The predicted molar refractivity (Wildman–Crippen MR) is 158 cm³/mol. The van der Waals surface area contributed by atoms with Gasteiger partial charge in [-0.25, -0.2) is 4.39 Å². The summed E-state index contributed by atoms with van der Waals surface area (Å²) in [6, 6.07) is 15.3. The van der Waals surface area contributed by atoms with Crippen molar-refractivity contribution >= 4 is 50.3 Å². The van der Waals surface area contributed by atoms with Crippen molar-refractivity contribution in [1.82, 2.24) is 14.8 Å². The lowest BCUT2D eigenvalue weighted by atomic mass is 10.1. The van der Waals surface area contributed by atoms with Crippen molar-refractivity contribution in [3.05, 3.63) is 96.1 Å². The van der Waals surface area contributed by atoms with Crippen LogP contribution in [-0.4, -0.2) is 58.5 Å². The Labute approximate surface area is 221 Å². The van der Waals surface area contributed by atoms with Crippen LogP contribution in [0.25, 0.3) is 17.0 Å². The van der Waals surface area contributed by atoms with Gasteiger partial charge in [-0.1, -0.05) is 35.4 Å². The topological polar surface area (TPSA) is 22.6 Å². The Balaban J connectivity index is 1.52. The van der Waals surface area contributed by atoms with Crippen molar-refractivity contribution in [2.75, 3.05) is 42.4 Å². The van der Waals surface area contributed by atoms with E-state index in [1.54, 1.807) is 11.9 Å². The van der Waals surface area contributed by atoms with E-state index in [1.165, 1.54) is 17.8 Å². The second-order valence-corrected chi connectivity index (χ2v) is 11.2. The van der Waals surface area contributed by atoms with E-state index in [-0.39, 0.29) is 16.5 Å². The molecule has 1 fully saturated rings. The number of fused-ring (bicyclic) bond motifs is 1. The van der Waals surface area contributed by atoms with Crippen LogP contribution >= 0.6 is 22.6 Å². The summed E-state index contributed by atoms with van der Waals surface area (Å²) in [5.74, 6) is -0.184. The molecule has 7 heteroatoms. The lowest BCUT2D eigenvalue weighted by Gasteiger charge is -2.36. The van der Waals surface area contributed by atoms with Crippen LogP contribution < -0.4 is 3.71 Å². The molecule has 1 aliphatic heterocycles. The van der Waals surface area contributed by atoms with Crippen LogP contribution in [0.1, 0.15) is 18.1 Å². The number of nitrogens with zero attached hydrogens (tertiary/aromatic N) is 4. The number of aromatic nitrogens is 1. The molecule has 188 valence electrons. The van der Waals surface area contributed by atoms with Gasteiger partial charge in [-0.05, 0) is 78.1 Å². The summed E-state index contributed by atoms with van der Waals surface area (Å²) < 4.78 is 15.5.